The van der Waals surface area contributed by atoms with Crippen molar-refractivity contribution in [2.75, 3.05) is 7.11 Å². The summed E-state index contributed by atoms with van der Waals surface area (Å²) >= 11 is 6.09. The summed E-state index contributed by atoms with van der Waals surface area (Å²) in [7, 11) is 1.51. The van der Waals surface area contributed by atoms with Gasteiger partial charge in [-0.2, -0.15) is 9.50 Å². The van der Waals surface area contributed by atoms with Crippen LogP contribution < -0.4 is 15.0 Å². The predicted octanol–water partition coefficient (Wildman–Crippen LogP) is 3.64. The van der Waals surface area contributed by atoms with Crippen LogP contribution in [0.4, 0.5) is 0 Å². The topological polar surface area (TPSA) is 81.5 Å². The monoisotopic (exact) mass is 386 g/mol. The van der Waals surface area contributed by atoms with E-state index in [1.54, 1.807) is 18.2 Å². The van der Waals surface area contributed by atoms with Gasteiger partial charge in [0, 0.05) is 11.6 Å². The molecule has 0 amide bonds. The van der Waals surface area contributed by atoms with Crippen LogP contribution in [-0.4, -0.2) is 26.7 Å². The number of nitrogens with one attached hydrogen (secondary N) is 1. The van der Waals surface area contributed by atoms with Crippen LogP contribution in [0.5, 0.6) is 11.5 Å². The highest BCUT2D eigenvalue weighted by molar-refractivity contribution is 6.32. The molecule has 0 atom stereocenters. The molecule has 3 aromatic rings. The standard InChI is InChI=1S/C19H19ClN4O3/c1-4-7-12(5-2)18-22-19-21-13(10-16(25)24(19)23-18)11-27-15-9-6-8-14(20)17(15)26-3/h4-10H,11H2,1-3H3,(H,21,22,23)/b7-4?,12-5+. The van der Waals surface area contributed by atoms with Crippen molar-refractivity contribution >= 4 is 23.0 Å². The molecular weight excluding hydrogens is 368 g/mol. The molecule has 8 heteroatoms. The number of allylic oxidation sites excluding steroid dienone is 4. The van der Waals surface area contributed by atoms with Crippen molar-refractivity contribution in [3.05, 3.63) is 69.4 Å². The molecular formula is C19H19ClN4O3. The van der Waals surface area contributed by atoms with Crippen LogP contribution in [0.3, 0.4) is 0 Å². The van der Waals surface area contributed by atoms with Gasteiger partial charge < -0.3 is 9.47 Å². The van der Waals surface area contributed by atoms with Gasteiger partial charge in [-0.25, -0.2) is 4.98 Å². The zero-order valence-electron chi connectivity index (χ0n) is 15.2. The molecule has 0 aliphatic carbocycles. The Balaban J connectivity index is 1.91. The summed E-state index contributed by atoms with van der Waals surface area (Å²) in [6, 6.07) is 6.60. The maximum Gasteiger partial charge on any atom is 0.274 e. The van der Waals surface area contributed by atoms with Crippen molar-refractivity contribution in [3.63, 3.8) is 0 Å². The fourth-order valence-corrected chi connectivity index (χ4v) is 2.82. The summed E-state index contributed by atoms with van der Waals surface area (Å²) in [4.78, 5) is 21.2. The lowest BCUT2D eigenvalue weighted by Crippen LogP contribution is -2.16. The third-order valence-corrected chi connectivity index (χ3v) is 4.12. The van der Waals surface area contributed by atoms with Gasteiger partial charge in [0.25, 0.3) is 11.3 Å². The maximum atomic E-state index is 12.4. The van der Waals surface area contributed by atoms with Crippen molar-refractivity contribution in [1.29, 1.82) is 0 Å². The van der Waals surface area contributed by atoms with Crippen LogP contribution in [0.25, 0.3) is 11.4 Å². The molecule has 0 fully saturated rings. The molecule has 27 heavy (non-hydrogen) atoms. The number of nitrogens with zero attached hydrogens (tertiary/aromatic N) is 3. The highest BCUT2D eigenvalue weighted by atomic mass is 35.5. The smallest absolute Gasteiger partial charge is 0.274 e. The number of ether oxygens (including phenoxy) is 2. The minimum atomic E-state index is -0.272. The van der Waals surface area contributed by atoms with E-state index in [-0.39, 0.29) is 17.9 Å². The number of para-hydroxylation sites is 1. The van der Waals surface area contributed by atoms with Gasteiger partial charge in [0.2, 0.25) is 0 Å². The zero-order valence-corrected chi connectivity index (χ0v) is 15.9. The Morgan fingerprint density at radius 1 is 1.33 bits per heavy atom. The van der Waals surface area contributed by atoms with Crippen LogP contribution >= 0.6 is 11.6 Å². The first kappa shape index (κ1) is 18.7. The SMILES string of the molecule is CC=C/C(=C\C)c1nc2nc(COc3cccc(Cl)c3OC)cc(=O)n2[nH]1. The molecule has 0 bridgehead atoms. The third-order valence-electron chi connectivity index (χ3n) is 3.82. The average molecular weight is 387 g/mol. The second-order valence-corrected chi connectivity index (χ2v) is 6.00. The number of aromatic nitrogens is 4. The first-order valence-corrected chi connectivity index (χ1v) is 8.68. The first-order chi connectivity index (χ1) is 13.1. The fraction of sp³-hybridized carbons (Fsp3) is 0.211. The molecule has 2 heterocycles. The second-order valence-electron chi connectivity index (χ2n) is 5.60. The zero-order chi connectivity index (χ0) is 19.4. The van der Waals surface area contributed by atoms with E-state index in [2.05, 4.69) is 15.1 Å². The van der Waals surface area contributed by atoms with Gasteiger partial charge in [-0.05, 0) is 26.0 Å². The Morgan fingerprint density at radius 3 is 2.85 bits per heavy atom. The number of H-pyrrole nitrogens is 1. The van der Waals surface area contributed by atoms with E-state index in [1.807, 2.05) is 32.1 Å². The summed E-state index contributed by atoms with van der Waals surface area (Å²) in [6.07, 6.45) is 5.70. The number of rotatable bonds is 6. The minimum Gasteiger partial charge on any atom is -0.491 e. The third kappa shape index (κ3) is 3.88. The van der Waals surface area contributed by atoms with Crippen LogP contribution in [0.15, 0.2) is 47.3 Å². The lowest BCUT2D eigenvalue weighted by Gasteiger charge is -2.11. The molecule has 0 aliphatic heterocycles. The number of hydrogen-bond donors (Lipinski definition) is 1. The summed E-state index contributed by atoms with van der Waals surface area (Å²) in [5.74, 6) is 1.75. The molecule has 0 aliphatic rings. The summed E-state index contributed by atoms with van der Waals surface area (Å²) in [5.41, 5.74) is 1.04. The lowest BCUT2D eigenvalue weighted by atomic mass is 10.2. The van der Waals surface area contributed by atoms with E-state index in [0.717, 1.165) is 5.57 Å². The number of hydrogen-bond acceptors (Lipinski definition) is 5. The Labute approximate surface area is 160 Å². The van der Waals surface area contributed by atoms with E-state index in [0.29, 0.717) is 28.0 Å². The van der Waals surface area contributed by atoms with E-state index < -0.39 is 0 Å². The molecule has 1 N–H and O–H groups in total. The Kier molecular flexibility index (Phi) is 5.61. The van der Waals surface area contributed by atoms with E-state index in [4.69, 9.17) is 21.1 Å². The quantitative estimate of drug-likeness (QED) is 0.654. The van der Waals surface area contributed by atoms with Gasteiger partial charge in [0.1, 0.15) is 6.61 Å². The molecule has 0 unspecified atom stereocenters. The van der Waals surface area contributed by atoms with E-state index in [9.17, 15) is 4.79 Å². The van der Waals surface area contributed by atoms with Gasteiger partial charge >= 0.3 is 0 Å². The van der Waals surface area contributed by atoms with Crippen LogP contribution in [0.1, 0.15) is 25.4 Å². The number of benzene rings is 1. The van der Waals surface area contributed by atoms with Crippen LogP contribution in [0, 0.1) is 0 Å². The van der Waals surface area contributed by atoms with Gasteiger partial charge in [-0.1, -0.05) is 35.9 Å². The van der Waals surface area contributed by atoms with Crippen molar-refractivity contribution < 1.29 is 9.47 Å². The highest BCUT2D eigenvalue weighted by Gasteiger charge is 2.12. The van der Waals surface area contributed by atoms with Gasteiger partial charge in [-0.15, -0.1) is 0 Å². The summed E-state index contributed by atoms with van der Waals surface area (Å²) in [6.45, 7) is 3.89. The van der Waals surface area contributed by atoms with Crippen LogP contribution in [-0.2, 0) is 6.61 Å². The van der Waals surface area contributed by atoms with E-state index >= 15 is 0 Å². The van der Waals surface area contributed by atoms with Gasteiger partial charge in [-0.3, -0.25) is 9.89 Å². The number of aromatic amines is 1. The van der Waals surface area contributed by atoms with E-state index in [1.165, 1.54) is 17.7 Å². The Morgan fingerprint density at radius 2 is 2.15 bits per heavy atom. The number of methoxy groups -OCH3 is 1. The summed E-state index contributed by atoms with van der Waals surface area (Å²) in [5, 5.41) is 3.40. The highest BCUT2D eigenvalue weighted by Crippen LogP contribution is 2.34. The largest absolute Gasteiger partial charge is 0.491 e. The number of halogens is 1. The molecule has 0 saturated heterocycles. The molecule has 7 nitrogen and oxygen atoms in total. The van der Waals surface area contributed by atoms with Gasteiger partial charge in [0.15, 0.2) is 17.3 Å². The molecule has 1 aromatic carbocycles. The van der Waals surface area contributed by atoms with Gasteiger partial charge in [0.05, 0.1) is 17.8 Å². The van der Waals surface area contributed by atoms with Crippen molar-refractivity contribution in [3.8, 4) is 11.5 Å². The Bertz CT molecular complexity index is 1080. The first-order valence-electron chi connectivity index (χ1n) is 8.30. The average Bonchev–Trinajstić information content (AvgIpc) is 3.09. The molecule has 3 rings (SSSR count). The Hall–Kier alpha value is -3.06. The minimum absolute atomic E-state index is 0.0793. The second kappa shape index (κ2) is 8.09. The van der Waals surface area contributed by atoms with Crippen molar-refractivity contribution in [2.24, 2.45) is 0 Å². The normalized spacial score (nSPS) is 12.1. The fourth-order valence-electron chi connectivity index (χ4n) is 2.57. The summed E-state index contributed by atoms with van der Waals surface area (Å²) < 4.78 is 12.3. The lowest BCUT2D eigenvalue weighted by molar-refractivity contribution is 0.280. The number of fused-ring (bicyclic) bond motifs is 1. The maximum absolute atomic E-state index is 12.4. The molecule has 0 saturated carbocycles. The molecule has 0 radical (unpaired) electrons. The predicted molar refractivity (Wildman–Crippen MR) is 104 cm³/mol. The molecule has 2 aromatic heterocycles. The molecule has 0 spiro atoms. The van der Waals surface area contributed by atoms with Crippen molar-refractivity contribution in [2.45, 2.75) is 20.5 Å². The van der Waals surface area contributed by atoms with Crippen molar-refractivity contribution in [1.82, 2.24) is 19.6 Å². The van der Waals surface area contributed by atoms with Crippen LogP contribution in [0.2, 0.25) is 5.02 Å². The molecule has 140 valence electrons.